The first-order chi connectivity index (χ1) is 48.6. The van der Waals surface area contributed by atoms with Gasteiger partial charge in [-0.05, 0) is 98.3 Å². The highest BCUT2D eigenvalue weighted by atomic mass is 16.3. The third-order valence-corrected chi connectivity index (χ3v) is 16.9. The Bertz CT molecular complexity index is 4150. The Kier molecular flexibility index (Phi) is 27.9. The lowest BCUT2D eigenvalue weighted by Gasteiger charge is -2.32. The van der Waals surface area contributed by atoms with Crippen LogP contribution in [0.5, 0.6) is 5.75 Å². The minimum atomic E-state index is -1.94. The van der Waals surface area contributed by atoms with E-state index in [1.54, 1.807) is 80.6 Å². The minimum Gasteiger partial charge on any atom is -0.508 e. The number of guanidine groups is 1. The number of aliphatic hydroxyl groups excluding tert-OH is 1. The van der Waals surface area contributed by atoms with Gasteiger partial charge in [-0.1, -0.05) is 141 Å². The second-order valence-electron chi connectivity index (χ2n) is 25.2. The van der Waals surface area contributed by atoms with Crippen molar-refractivity contribution >= 4 is 109 Å². The fourth-order valence-corrected chi connectivity index (χ4v) is 11.7. The summed E-state index contributed by atoms with van der Waals surface area (Å²) in [5, 5.41) is 53.1. The number of rotatable bonds is 36. The Morgan fingerprint density at radius 2 is 0.961 bits per heavy atom. The molecule has 0 fully saturated rings. The Labute approximate surface area is 586 Å². The van der Waals surface area contributed by atoms with Crippen LogP contribution in [0, 0.1) is 11.3 Å². The first kappa shape index (κ1) is 77.4. The van der Waals surface area contributed by atoms with Crippen molar-refractivity contribution in [2.45, 2.75) is 126 Å². The molecule has 23 N–H and O–H groups in total. The second-order valence-corrected chi connectivity index (χ2v) is 25.2. The van der Waals surface area contributed by atoms with Crippen molar-refractivity contribution in [3.63, 3.8) is 0 Å². The van der Waals surface area contributed by atoms with E-state index in [0.29, 0.717) is 27.6 Å². The molecular formula is C71H87N17O14. The number of hydrogen-bond donors (Lipinski definition) is 18. The smallest absolute Gasteiger partial charge is 0.334 e. The van der Waals surface area contributed by atoms with Gasteiger partial charge in [0.05, 0.1) is 25.5 Å². The van der Waals surface area contributed by atoms with Gasteiger partial charge in [-0.3, -0.25) is 63.6 Å². The van der Waals surface area contributed by atoms with Crippen molar-refractivity contribution in [2.75, 3.05) is 20.2 Å². The van der Waals surface area contributed by atoms with E-state index in [2.05, 4.69) is 53.4 Å². The van der Waals surface area contributed by atoms with Gasteiger partial charge < -0.3 is 86.3 Å². The van der Waals surface area contributed by atoms with Crippen LogP contribution in [0.25, 0.3) is 32.3 Å². The molecule has 540 valence electrons. The molecule has 0 spiro atoms. The molecule has 7 aromatic carbocycles. The van der Waals surface area contributed by atoms with E-state index in [1.165, 1.54) is 31.3 Å². The van der Waals surface area contributed by atoms with Crippen LogP contribution in [0.3, 0.4) is 0 Å². The van der Waals surface area contributed by atoms with Crippen LogP contribution in [0.4, 0.5) is 4.79 Å². The summed E-state index contributed by atoms with van der Waals surface area (Å²) in [6, 6.07) is 24.6. The van der Waals surface area contributed by atoms with Gasteiger partial charge in [0, 0.05) is 32.9 Å². The van der Waals surface area contributed by atoms with Gasteiger partial charge in [-0.2, -0.15) is 0 Å². The van der Waals surface area contributed by atoms with Crippen molar-refractivity contribution in [1.29, 1.82) is 5.41 Å². The van der Waals surface area contributed by atoms with E-state index >= 15 is 0 Å². The van der Waals surface area contributed by atoms with E-state index < -0.39 is 145 Å². The van der Waals surface area contributed by atoms with Gasteiger partial charge in [0.25, 0.3) is 5.91 Å². The van der Waals surface area contributed by atoms with Crippen LogP contribution < -0.4 is 82.1 Å². The Hall–Kier alpha value is -12.0. The van der Waals surface area contributed by atoms with Crippen LogP contribution in [0.2, 0.25) is 0 Å². The predicted octanol–water partition coefficient (Wildman–Crippen LogP) is -1.14. The summed E-state index contributed by atoms with van der Waals surface area (Å²) < 4.78 is 0. The van der Waals surface area contributed by atoms with Gasteiger partial charge in [-0.25, -0.2) is 10.2 Å². The van der Waals surface area contributed by atoms with Crippen molar-refractivity contribution in [1.82, 2.24) is 58.3 Å². The first-order valence-electron chi connectivity index (χ1n) is 32.9. The summed E-state index contributed by atoms with van der Waals surface area (Å²) in [5.74, 6) is -11.7. The average Bonchev–Trinajstić information content (AvgIpc) is 0.741. The van der Waals surface area contributed by atoms with Crippen LogP contribution in [0.15, 0.2) is 140 Å². The molecule has 0 aliphatic carbocycles. The number of primary amides is 3. The SMILES string of the molecule is CC(C)C[C@H](NC(=O)NNC(=O)[C@H](Cc1ccccc1)NC(=O)[C@H](CO)NC(=O)[C@H](CC(N)=O)NC(=O)[C@H](Cc1ccc2ccc3cccc4ccc1c2c34)NC(=O)[C@@H](CC(N)=O)NC(=O)[C@H](N)Cc1ccc(O)cc1)C(=O)N(C)[C@@H](CCCNC(=N)N)C(=O)N[C@@H](Cc1ccccc1)C(N)=O. The number of nitrogens with zero attached hydrogens (tertiary/aromatic N) is 1. The van der Waals surface area contributed by atoms with Gasteiger partial charge in [0.2, 0.25) is 59.1 Å². The highest BCUT2D eigenvalue weighted by Crippen LogP contribution is 2.36. The quantitative estimate of drug-likeness (QED) is 0.00726. The lowest BCUT2D eigenvalue weighted by Crippen LogP contribution is -2.62. The molecule has 0 aliphatic heterocycles. The molecule has 102 heavy (non-hydrogen) atoms. The molecular weight excluding hydrogens is 1310 g/mol. The Morgan fingerprint density at radius 1 is 0.480 bits per heavy atom. The maximum atomic E-state index is 14.9. The number of phenols is 1. The maximum Gasteiger partial charge on any atom is 0.334 e. The second kappa shape index (κ2) is 36.7. The standard InChI is InChI=1S/C71H87N17O14/c1-38(2)30-54(69(101)88(3)56(18-11-29-78-70(76)77)68(100)79-49(61(75)93)32-39-12-6-4-7-13-39)85-71(102)87-86-67(99)50(33-40-14-8-5-9-15-40)81-66(98)55(37-89)84-65(97)53(36-58(74)92)83-63(95)51(34-45-24-23-44-22-21-42-16-10-17-43-25-28-47(45)60(44)59(42)43)82-64(96)52(35-57(73)91)80-62(94)48(72)31-41-19-26-46(90)27-20-41/h4-10,12-17,19-28,38,48-56,89-90H,11,18,29-37,72H2,1-3H3,(H2,73,91)(H2,74,92)(H2,75,93)(H,79,100)(H,80,94)(H,81,98)(H,82,96)(H,83,95)(H,84,97)(H,86,99)(H4,76,77,78)(H2,85,87,102)/t48-,49+,50+,51+,52-,53+,54+,55+,56+/m1/s1. The molecule has 7 aromatic rings. The number of nitrogens with two attached hydrogens (primary N) is 5. The fraction of sp³-hybridized carbons (Fsp3) is 0.338. The van der Waals surface area contributed by atoms with Crippen molar-refractivity contribution < 1.29 is 67.7 Å². The van der Waals surface area contributed by atoms with Gasteiger partial charge >= 0.3 is 6.03 Å². The van der Waals surface area contributed by atoms with Gasteiger partial charge in [0.1, 0.15) is 54.1 Å². The monoisotopic (exact) mass is 1400 g/mol. The summed E-state index contributed by atoms with van der Waals surface area (Å²) in [6.07, 6.45) is -2.12. The Balaban J connectivity index is 1.08. The summed E-state index contributed by atoms with van der Waals surface area (Å²) >= 11 is 0. The number of nitrogens with one attached hydrogen (secondary N) is 11. The highest BCUT2D eigenvalue weighted by molar-refractivity contribution is 6.23. The molecule has 31 heteroatoms. The van der Waals surface area contributed by atoms with E-state index in [-0.39, 0.29) is 69.1 Å². The van der Waals surface area contributed by atoms with E-state index in [0.717, 1.165) is 31.8 Å². The molecule has 0 radical (unpaired) electrons. The molecule has 0 aliphatic rings. The number of likely N-dealkylation sites (N-methyl/N-ethyl adjacent to an activating group) is 1. The number of hydrogen-bond acceptors (Lipinski definition) is 16. The van der Waals surface area contributed by atoms with E-state index in [1.807, 2.05) is 48.5 Å². The van der Waals surface area contributed by atoms with Crippen LogP contribution in [-0.4, -0.2) is 167 Å². The van der Waals surface area contributed by atoms with E-state index in [9.17, 15) is 67.7 Å². The fourth-order valence-electron chi connectivity index (χ4n) is 11.7. The molecule has 7 rings (SSSR count). The van der Waals surface area contributed by atoms with E-state index in [4.69, 9.17) is 34.1 Å². The molecule has 31 nitrogen and oxygen atoms in total. The Morgan fingerprint density at radius 3 is 1.51 bits per heavy atom. The van der Waals surface area contributed by atoms with Gasteiger partial charge in [-0.15, -0.1) is 0 Å². The lowest BCUT2D eigenvalue weighted by molar-refractivity contribution is -0.141. The molecule has 13 amide bonds. The molecule has 0 aromatic heterocycles. The lowest BCUT2D eigenvalue weighted by atomic mass is 9.90. The number of urea groups is 1. The summed E-state index contributed by atoms with van der Waals surface area (Å²) in [6.45, 7) is 2.51. The normalized spacial score (nSPS) is 13.8. The summed E-state index contributed by atoms with van der Waals surface area (Å²) in [7, 11) is 1.33. The zero-order chi connectivity index (χ0) is 74.3. The molecule has 9 atom stereocenters. The number of amides is 13. The highest BCUT2D eigenvalue weighted by Gasteiger charge is 2.37. The molecule has 0 heterocycles. The number of aromatic hydroxyl groups is 1. The van der Waals surface area contributed by atoms with Crippen LogP contribution in [0.1, 0.15) is 68.2 Å². The first-order valence-corrected chi connectivity index (χ1v) is 32.9. The number of phenolic OH excluding ortho intramolecular Hbond substituents is 1. The summed E-state index contributed by atoms with van der Waals surface area (Å²) in [5.41, 5.74) is 35.2. The van der Waals surface area contributed by atoms with Crippen molar-refractivity contribution in [3.05, 3.63) is 162 Å². The minimum absolute atomic E-state index is 0.00805. The molecule has 0 unspecified atom stereocenters. The summed E-state index contributed by atoms with van der Waals surface area (Å²) in [4.78, 5) is 167. The number of aliphatic hydroxyl groups is 1. The number of carbonyl (C=O) groups excluding carboxylic acids is 12. The topological polar surface area (TPSA) is 523 Å². The number of benzene rings is 7. The third kappa shape index (κ3) is 22.3. The zero-order valence-electron chi connectivity index (χ0n) is 56.5. The van der Waals surface area contributed by atoms with Crippen molar-refractivity contribution in [3.8, 4) is 5.75 Å². The third-order valence-electron chi connectivity index (χ3n) is 16.9. The molecule has 0 saturated carbocycles. The van der Waals surface area contributed by atoms with Crippen molar-refractivity contribution in [2.24, 2.45) is 34.6 Å². The molecule has 0 bridgehead atoms. The molecule has 0 saturated heterocycles. The average molecular weight is 1400 g/mol. The van der Waals surface area contributed by atoms with Crippen LogP contribution >= 0.6 is 0 Å². The number of hydrazine groups is 1. The number of carbonyl (C=O) groups is 12. The zero-order valence-corrected chi connectivity index (χ0v) is 56.5. The largest absolute Gasteiger partial charge is 0.508 e. The van der Waals surface area contributed by atoms with Gasteiger partial charge in [0.15, 0.2) is 5.96 Å². The maximum absolute atomic E-state index is 14.9. The predicted molar refractivity (Wildman–Crippen MR) is 378 cm³/mol. The van der Waals surface area contributed by atoms with Crippen LogP contribution in [-0.2, 0) is 78.4 Å².